The van der Waals surface area contributed by atoms with Gasteiger partial charge < -0.3 is 9.15 Å². The van der Waals surface area contributed by atoms with E-state index in [1.807, 2.05) is 0 Å². The van der Waals surface area contributed by atoms with Crippen LogP contribution in [0.2, 0.25) is 0 Å². The Kier molecular flexibility index (Phi) is 2.51. The van der Waals surface area contributed by atoms with Crippen LogP contribution in [0.5, 0.6) is 0 Å². The summed E-state index contributed by atoms with van der Waals surface area (Å²) < 4.78 is 9.47. The SMILES string of the molecule is COC(=O)c1cc(C(C)=O)c(C)o1. The van der Waals surface area contributed by atoms with Crippen LogP contribution in [0, 0.1) is 6.92 Å². The molecule has 0 aliphatic carbocycles. The molecule has 13 heavy (non-hydrogen) atoms. The maximum Gasteiger partial charge on any atom is 0.373 e. The van der Waals surface area contributed by atoms with Gasteiger partial charge in [-0.1, -0.05) is 0 Å². The largest absolute Gasteiger partial charge is 0.463 e. The molecule has 0 aliphatic heterocycles. The summed E-state index contributed by atoms with van der Waals surface area (Å²) in [7, 11) is 1.26. The third-order valence-electron chi connectivity index (χ3n) is 1.68. The highest BCUT2D eigenvalue weighted by molar-refractivity contribution is 5.97. The molecule has 0 aliphatic rings. The van der Waals surface area contributed by atoms with Crippen molar-refractivity contribution in [1.29, 1.82) is 0 Å². The molecular weight excluding hydrogens is 172 g/mol. The van der Waals surface area contributed by atoms with Crippen LogP contribution in [0.3, 0.4) is 0 Å². The first-order chi connectivity index (χ1) is 6.06. The van der Waals surface area contributed by atoms with Gasteiger partial charge in [-0.15, -0.1) is 0 Å². The fourth-order valence-corrected chi connectivity index (χ4v) is 1.03. The topological polar surface area (TPSA) is 56.5 Å². The van der Waals surface area contributed by atoms with E-state index in [0.29, 0.717) is 11.3 Å². The van der Waals surface area contributed by atoms with E-state index in [4.69, 9.17) is 4.42 Å². The van der Waals surface area contributed by atoms with E-state index >= 15 is 0 Å². The predicted octanol–water partition coefficient (Wildman–Crippen LogP) is 1.58. The van der Waals surface area contributed by atoms with Crippen molar-refractivity contribution in [2.75, 3.05) is 7.11 Å². The lowest BCUT2D eigenvalue weighted by Gasteiger charge is -1.90. The molecule has 4 nitrogen and oxygen atoms in total. The zero-order valence-electron chi connectivity index (χ0n) is 7.71. The maximum atomic E-state index is 11.0. The molecule has 1 heterocycles. The lowest BCUT2D eigenvalue weighted by atomic mass is 10.2. The Morgan fingerprint density at radius 2 is 2.08 bits per heavy atom. The molecule has 0 radical (unpaired) electrons. The van der Waals surface area contributed by atoms with E-state index in [9.17, 15) is 9.59 Å². The van der Waals surface area contributed by atoms with Crippen molar-refractivity contribution >= 4 is 11.8 Å². The number of ketones is 1. The van der Waals surface area contributed by atoms with E-state index in [-0.39, 0.29) is 11.5 Å². The van der Waals surface area contributed by atoms with Crippen LogP contribution < -0.4 is 0 Å². The molecule has 1 aromatic heterocycles. The number of carbonyl (C=O) groups is 2. The minimum absolute atomic E-state index is 0.0604. The highest BCUT2D eigenvalue weighted by Gasteiger charge is 2.16. The molecule has 0 aromatic carbocycles. The summed E-state index contributed by atoms with van der Waals surface area (Å²) in [5.41, 5.74) is 0.417. The van der Waals surface area contributed by atoms with Crippen molar-refractivity contribution in [3.63, 3.8) is 0 Å². The van der Waals surface area contributed by atoms with E-state index < -0.39 is 5.97 Å². The molecular formula is C9H10O4. The first-order valence-electron chi connectivity index (χ1n) is 3.76. The zero-order chi connectivity index (χ0) is 10.0. The molecule has 0 saturated heterocycles. The van der Waals surface area contributed by atoms with E-state index in [2.05, 4.69) is 4.74 Å². The van der Waals surface area contributed by atoms with Gasteiger partial charge in [0.2, 0.25) is 5.76 Å². The quantitative estimate of drug-likeness (QED) is 0.514. The highest BCUT2D eigenvalue weighted by atomic mass is 16.5. The maximum absolute atomic E-state index is 11.0. The Labute approximate surface area is 75.5 Å². The van der Waals surface area contributed by atoms with Gasteiger partial charge in [0.15, 0.2) is 5.78 Å². The number of rotatable bonds is 2. The lowest BCUT2D eigenvalue weighted by Crippen LogP contribution is -1.98. The fourth-order valence-electron chi connectivity index (χ4n) is 1.03. The minimum atomic E-state index is -0.574. The second-order valence-corrected chi connectivity index (χ2v) is 2.63. The molecule has 70 valence electrons. The summed E-state index contributed by atoms with van der Waals surface area (Å²) in [6, 6.07) is 1.39. The number of aryl methyl sites for hydroxylation is 1. The monoisotopic (exact) mass is 182 g/mol. The van der Waals surface area contributed by atoms with Gasteiger partial charge in [-0.05, 0) is 13.8 Å². The van der Waals surface area contributed by atoms with Crippen molar-refractivity contribution in [1.82, 2.24) is 0 Å². The summed E-state index contributed by atoms with van der Waals surface area (Å²) in [5, 5.41) is 0. The zero-order valence-corrected chi connectivity index (χ0v) is 7.71. The van der Waals surface area contributed by atoms with Crippen LogP contribution >= 0.6 is 0 Å². The summed E-state index contributed by atoms with van der Waals surface area (Å²) >= 11 is 0. The van der Waals surface area contributed by atoms with Crippen LogP contribution in [0.4, 0.5) is 0 Å². The van der Waals surface area contributed by atoms with Crippen molar-refractivity contribution in [2.45, 2.75) is 13.8 Å². The van der Waals surface area contributed by atoms with Gasteiger partial charge in [-0.2, -0.15) is 0 Å². The van der Waals surface area contributed by atoms with E-state index in [1.165, 1.54) is 20.1 Å². The molecule has 0 bridgehead atoms. The Morgan fingerprint density at radius 3 is 2.46 bits per heavy atom. The van der Waals surface area contributed by atoms with Crippen LogP contribution in [-0.2, 0) is 4.74 Å². The van der Waals surface area contributed by atoms with Crippen LogP contribution in [0.1, 0.15) is 33.6 Å². The Bertz CT molecular complexity index is 348. The Balaban J connectivity index is 3.09. The third kappa shape index (κ3) is 1.77. The van der Waals surface area contributed by atoms with Gasteiger partial charge in [-0.25, -0.2) is 4.79 Å². The molecule has 1 rings (SSSR count). The van der Waals surface area contributed by atoms with Crippen molar-refractivity contribution < 1.29 is 18.7 Å². The van der Waals surface area contributed by atoms with Crippen molar-refractivity contribution in [2.24, 2.45) is 0 Å². The van der Waals surface area contributed by atoms with Gasteiger partial charge in [0.25, 0.3) is 0 Å². The predicted molar refractivity (Wildman–Crippen MR) is 44.8 cm³/mol. The van der Waals surface area contributed by atoms with Crippen LogP contribution in [0.25, 0.3) is 0 Å². The first kappa shape index (κ1) is 9.51. The summed E-state index contributed by atoms with van der Waals surface area (Å²) in [6.07, 6.45) is 0. The van der Waals surface area contributed by atoms with Gasteiger partial charge >= 0.3 is 5.97 Å². The smallest absolute Gasteiger partial charge is 0.373 e. The average Bonchev–Trinajstić information content (AvgIpc) is 2.46. The molecule has 0 N–H and O–H groups in total. The molecule has 0 fully saturated rings. The Hall–Kier alpha value is -1.58. The van der Waals surface area contributed by atoms with Gasteiger partial charge in [0.1, 0.15) is 5.76 Å². The number of methoxy groups -OCH3 is 1. The molecule has 1 aromatic rings. The number of hydrogen-bond acceptors (Lipinski definition) is 4. The second-order valence-electron chi connectivity index (χ2n) is 2.63. The summed E-state index contributed by atoms with van der Waals surface area (Å²) in [6.45, 7) is 3.04. The normalized spacial score (nSPS) is 9.77. The molecule has 0 unspecified atom stereocenters. The highest BCUT2D eigenvalue weighted by Crippen LogP contribution is 2.15. The van der Waals surface area contributed by atoms with Crippen LogP contribution in [-0.4, -0.2) is 18.9 Å². The number of hydrogen-bond donors (Lipinski definition) is 0. The Morgan fingerprint density at radius 1 is 1.46 bits per heavy atom. The van der Waals surface area contributed by atoms with E-state index in [0.717, 1.165) is 0 Å². The molecule has 0 spiro atoms. The summed E-state index contributed by atoms with van der Waals surface area (Å²) in [4.78, 5) is 22.0. The molecule has 4 heteroatoms. The van der Waals surface area contributed by atoms with Gasteiger partial charge in [-0.3, -0.25) is 4.79 Å². The molecule has 0 saturated carbocycles. The number of ether oxygens (including phenoxy) is 1. The van der Waals surface area contributed by atoms with Gasteiger partial charge in [0.05, 0.1) is 12.7 Å². The minimum Gasteiger partial charge on any atom is -0.463 e. The first-order valence-corrected chi connectivity index (χ1v) is 3.76. The van der Waals surface area contributed by atoms with Crippen LogP contribution in [0.15, 0.2) is 10.5 Å². The van der Waals surface area contributed by atoms with Crippen molar-refractivity contribution in [3.8, 4) is 0 Å². The molecule has 0 amide bonds. The van der Waals surface area contributed by atoms with Gasteiger partial charge in [0, 0.05) is 6.07 Å². The number of esters is 1. The second kappa shape index (κ2) is 3.43. The van der Waals surface area contributed by atoms with E-state index in [1.54, 1.807) is 6.92 Å². The van der Waals surface area contributed by atoms with Crippen molar-refractivity contribution in [3.05, 3.63) is 23.2 Å². The third-order valence-corrected chi connectivity index (χ3v) is 1.68. The number of furan rings is 1. The number of carbonyl (C=O) groups excluding carboxylic acids is 2. The molecule has 0 atom stereocenters. The summed E-state index contributed by atoms with van der Waals surface area (Å²) in [5.74, 6) is -0.204. The standard InChI is InChI=1S/C9H10O4/c1-5(10)7-4-8(9(11)12-3)13-6(7)2/h4H,1-3H3. The lowest BCUT2D eigenvalue weighted by molar-refractivity contribution is 0.0563. The average molecular weight is 182 g/mol. The fraction of sp³-hybridized carbons (Fsp3) is 0.333. The number of Topliss-reactive ketones (excluding diaryl/α,β-unsaturated/α-hetero) is 1.